The predicted molar refractivity (Wildman–Crippen MR) is 56.0 cm³/mol. The summed E-state index contributed by atoms with van der Waals surface area (Å²) in [5.74, 6) is 1.12. The smallest absolute Gasteiger partial charge is 0.220 e. The van der Waals surface area contributed by atoms with E-state index in [0.29, 0.717) is 6.04 Å². The van der Waals surface area contributed by atoms with Gasteiger partial charge in [-0.25, -0.2) is 0 Å². The van der Waals surface area contributed by atoms with E-state index in [4.69, 9.17) is 0 Å². The van der Waals surface area contributed by atoms with Crippen LogP contribution in [0.15, 0.2) is 0 Å². The topological polar surface area (TPSA) is 41.1 Å². The van der Waals surface area contributed by atoms with Gasteiger partial charge in [-0.05, 0) is 31.7 Å². The van der Waals surface area contributed by atoms with Crippen molar-refractivity contribution in [2.75, 3.05) is 13.1 Å². The van der Waals surface area contributed by atoms with Crippen LogP contribution >= 0.6 is 0 Å². The zero-order valence-corrected chi connectivity index (χ0v) is 8.72. The molecule has 2 N–H and O–H groups in total. The van der Waals surface area contributed by atoms with Crippen LogP contribution in [0.2, 0.25) is 0 Å². The SMILES string of the molecule is O=C1CCC(CNCC2CCCC2)N1. The molecule has 1 heterocycles. The first-order chi connectivity index (χ1) is 6.84. The van der Waals surface area contributed by atoms with E-state index >= 15 is 0 Å². The van der Waals surface area contributed by atoms with E-state index in [0.717, 1.165) is 31.8 Å². The Kier molecular flexibility index (Phi) is 3.40. The Morgan fingerprint density at radius 3 is 2.64 bits per heavy atom. The minimum atomic E-state index is 0.220. The molecule has 14 heavy (non-hydrogen) atoms. The van der Waals surface area contributed by atoms with Crippen molar-refractivity contribution < 1.29 is 4.79 Å². The average Bonchev–Trinajstić information content (AvgIpc) is 2.77. The number of carbonyl (C=O) groups is 1. The third kappa shape index (κ3) is 2.71. The zero-order chi connectivity index (χ0) is 9.80. The second kappa shape index (κ2) is 4.78. The third-order valence-electron chi connectivity index (χ3n) is 3.38. The lowest BCUT2D eigenvalue weighted by atomic mass is 10.1. The van der Waals surface area contributed by atoms with Crippen molar-refractivity contribution in [2.24, 2.45) is 5.92 Å². The summed E-state index contributed by atoms with van der Waals surface area (Å²) in [7, 11) is 0. The Morgan fingerprint density at radius 1 is 1.21 bits per heavy atom. The number of hydrogen-bond acceptors (Lipinski definition) is 2. The summed E-state index contributed by atoms with van der Waals surface area (Å²) < 4.78 is 0. The molecule has 0 spiro atoms. The first-order valence-corrected chi connectivity index (χ1v) is 5.84. The summed E-state index contributed by atoms with van der Waals surface area (Å²) in [5.41, 5.74) is 0. The van der Waals surface area contributed by atoms with Crippen LogP contribution in [0.3, 0.4) is 0 Å². The number of rotatable bonds is 4. The van der Waals surface area contributed by atoms with E-state index in [1.165, 1.54) is 25.7 Å². The molecule has 2 fully saturated rings. The minimum absolute atomic E-state index is 0.220. The van der Waals surface area contributed by atoms with Crippen molar-refractivity contribution in [3.05, 3.63) is 0 Å². The normalized spacial score (nSPS) is 28.3. The third-order valence-corrected chi connectivity index (χ3v) is 3.38. The summed E-state index contributed by atoms with van der Waals surface area (Å²) in [5, 5.41) is 6.45. The van der Waals surface area contributed by atoms with Gasteiger partial charge in [-0.1, -0.05) is 12.8 Å². The van der Waals surface area contributed by atoms with Gasteiger partial charge in [0.25, 0.3) is 0 Å². The maximum Gasteiger partial charge on any atom is 0.220 e. The van der Waals surface area contributed by atoms with Crippen molar-refractivity contribution in [3.8, 4) is 0 Å². The molecule has 0 radical (unpaired) electrons. The first-order valence-electron chi connectivity index (χ1n) is 5.84. The Balaban J connectivity index is 1.56. The molecule has 80 valence electrons. The lowest BCUT2D eigenvalue weighted by molar-refractivity contribution is -0.119. The van der Waals surface area contributed by atoms with E-state index < -0.39 is 0 Å². The lowest BCUT2D eigenvalue weighted by Gasteiger charge is -2.14. The highest BCUT2D eigenvalue weighted by Crippen LogP contribution is 2.23. The summed E-state index contributed by atoms with van der Waals surface area (Å²) in [6, 6.07) is 0.393. The van der Waals surface area contributed by atoms with Crippen LogP contribution in [-0.4, -0.2) is 25.0 Å². The quantitative estimate of drug-likeness (QED) is 0.705. The molecule has 0 aromatic carbocycles. The van der Waals surface area contributed by atoms with E-state index in [1.807, 2.05) is 0 Å². The van der Waals surface area contributed by atoms with Crippen molar-refractivity contribution >= 4 is 5.91 Å². The van der Waals surface area contributed by atoms with Crippen molar-refractivity contribution in [2.45, 2.75) is 44.6 Å². The van der Waals surface area contributed by atoms with E-state index in [2.05, 4.69) is 10.6 Å². The highest BCUT2D eigenvalue weighted by atomic mass is 16.1. The number of amides is 1. The van der Waals surface area contributed by atoms with Gasteiger partial charge in [0.2, 0.25) is 5.91 Å². The second-order valence-corrected chi connectivity index (χ2v) is 4.61. The standard InChI is InChI=1S/C11H20N2O/c14-11-6-5-10(13-11)8-12-7-9-3-1-2-4-9/h9-10,12H,1-8H2,(H,13,14). The van der Waals surface area contributed by atoms with Gasteiger partial charge in [0, 0.05) is 19.0 Å². The largest absolute Gasteiger partial charge is 0.352 e. The molecule has 1 saturated carbocycles. The van der Waals surface area contributed by atoms with Crippen molar-refractivity contribution in [3.63, 3.8) is 0 Å². The van der Waals surface area contributed by atoms with Gasteiger partial charge in [0.15, 0.2) is 0 Å². The number of nitrogens with one attached hydrogen (secondary N) is 2. The highest BCUT2D eigenvalue weighted by Gasteiger charge is 2.20. The van der Waals surface area contributed by atoms with E-state index in [1.54, 1.807) is 0 Å². The Labute approximate surface area is 85.6 Å². The van der Waals surface area contributed by atoms with Crippen LogP contribution in [0.4, 0.5) is 0 Å². The Hall–Kier alpha value is -0.570. The molecule has 0 aromatic heterocycles. The fourth-order valence-corrected chi connectivity index (χ4v) is 2.51. The minimum Gasteiger partial charge on any atom is -0.352 e. The van der Waals surface area contributed by atoms with Gasteiger partial charge in [-0.3, -0.25) is 4.79 Å². The fraction of sp³-hybridized carbons (Fsp3) is 0.909. The molecule has 1 unspecified atom stereocenters. The maximum absolute atomic E-state index is 10.9. The Morgan fingerprint density at radius 2 is 2.00 bits per heavy atom. The molecule has 2 aliphatic rings. The molecular formula is C11H20N2O. The molecule has 3 nitrogen and oxygen atoms in total. The monoisotopic (exact) mass is 196 g/mol. The maximum atomic E-state index is 10.9. The average molecular weight is 196 g/mol. The van der Waals surface area contributed by atoms with Gasteiger partial charge in [-0.15, -0.1) is 0 Å². The molecule has 1 amide bonds. The summed E-state index contributed by atoms with van der Waals surface area (Å²) in [6.45, 7) is 2.11. The van der Waals surface area contributed by atoms with Crippen molar-refractivity contribution in [1.29, 1.82) is 0 Å². The van der Waals surface area contributed by atoms with E-state index in [9.17, 15) is 4.79 Å². The van der Waals surface area contributed by atoms with Gasteiger partial charge < -0.3 is 10.6 Å². The molecule has 1 saturated heterocycles. The number of carbonyl (C=O) groups excluding carboxylic acids is 1. The molecule has 2 rings (SSSR count). The first kappa shape index (κ1) is 9.97. The molecule has 1 atom stereocenters. The van der Waals surface area contributed by atoms with Gasteiger partial charge in [-0.2, -0.15) is 0 Å². The van der Waals surface area contributed by atoms with Crippen LogP contribution in [0.5, 0.6) is 0 Å². The number of hydrogen-bond donors (Lipinski definition) is 2. The predicted octanol–water partition coefficient (Wildman–Crippen LogP) is 1.04. The van der Waals surface area contributed by atoms with Gasteiger partial charge >= 0.3 is 0 Å². The molecule has 0 bridgehead atoms. The van der Waals surface area contributed by atoms with Crippen LogP contribution in [0.1, 0.15) is 38.5 Å². The second-order valence-electron chi connectivity index (χ2n) is 4.61. The Bertz CT molecular complexity index is 199. The van der Waals surface area contributed by atoms with Gasteiger partial charge in [0.05, 0.1) is 0 Å². The molecule has 0 aromatic rings. The summed E-state index contributed by atoms with van der Waals surface area (Å²) >= 11 is 0. The molecular weight excluding hydrogens is 176 g/mol. The van der Waals surface area contributed by atoms with Crippen LogP contribution in [-0.2, 0) is 4.79 Å². The fourth-order valence-electron chi connectivity index (χ4n) is 2.51. The van der Waals surface area contributed by atoms with Crippen LogP contribution < -0.4 is 10.6 Å². The highest BCUT2D eigenvalue weighted by molar-refractivity contribution is 5.78. The molecule has 3 heteroatoms. The molecule has 1 aliphatic heterocycles. The zero-order valence-electron chi connectivity index (χ0n) is 8.72. The van der Waals surface area contributed by atoms with Crippen LogP contribution in [0.25, 0.3) is 0 Å². The van der Waals surface area contributed by atoms with Crippen molar-refractivity contribution in [1.82, 2.24) is 10.6 Å². The summed E-state index contributed by atoms with van der Waals surface area (Å²) in [6.07, 6.45) is 7.33. The molecule has 1 aliphatic carbocycles. The summed E-state index contributed by atoms with van der Waals surface area (Å²) in [4.78, 5) is 10.9. The van der Waals surface area contributed by atoms with Crippen LogP contribution in [0, 0.1) is 5.92 Å². The lowest BCUT2D eigenvalue weighted by Crippen LogP contribution is -2.37. The van der Waals surface area contributed by atoms with E-state index in [-0.39, 0.29) is 5.91 Å². The van der Waals surface area contributed by atoms with Gasteiger partial charge in [0.1, 0.15) is 0 Å².